The molecule has 0 aromatic heterocycles. The van der Waals surface area contributed by atoms with E-state index in [0.717, 1.165) is 12.8 Å². The molecule has 0 amide bonds. The lowest BCUT2D eigenvalue weighted by Crippen LogP contribution is -2.34. The van der Waals surface area contributed by atoms with Crippen LogP contribution in [0.4, 0.5) is 0 Å². The molecule has 1 aliphatic heterocycles. The van der Waals surface area contributed by atoms with Gasteiger partial charge in [0.25, 0.3) is 0 Å². The fourth-order valence-corrected chi connectivity index (χ4v) is 1.33. The highest BCUT2D eigenvalue weighted by Gasteiger charge is 2.21. The van der Waals surface area contributed by atoms with Gasteiger partial charge in [-0.3, -0.25) is 4.79 Å². The summed E-state index contributed by atoms with van der Waals surface area (Å²) in [4.78, 5) is 11.4. The number of carbonyl (C=O) groups excluding carboxylic acids is 1. The van der Waals surface area contributed by atoms with Crippen molar-refractivity contribution in [1.82, 2.24) is 0 Å². The van der Waals surface area contributed by atoms with Crippen molar-refractivity contribution in [2.75, 3.05) is 19.8 Å². The fraction of sp³-hybridized carbons (Fsp3) is 0.900. The lowest BCUT2D eigenvalue weighted by atomic mass is 10.1. The zero-order valence-corrected chi connectivity index (χ0v) is 8.82. The van der Waals surface area contributed by atoms with E-state index >= 15 is 0 Å². The maximum Gasteiger partial charge on any atom is 0.311 e. The van der Waals surface area contributed by atoms with Gasteiger partial charge in [-0.1, -0.05) is 20.3 Å². The molecule has 4 nitrogen and oxygen atoms in total. The molecule has 1 aliphatic rings. The van der Waals surface area contributed by atoms with Crippen LogP contribution in [0.5, 0.6) is 0 Å². The van der Waals surface area contributed by atoms with E-state index in [1.165, 1.54) is 0 Å². The highest BCUT2D eigenvalue weighted by Crippen LogP contribution is 2.11. The van der Waals surface area contributed by atoms with E-state index < -0.39 is 6.29 Å². The molecule has 1 fully saturated rings. The van der Waals surface area contributed by atoms with E-state index in [-0.39, 0.29) is 11.9 Å². The van der Waals surface area contributed by atoms with E-state index in [0.29, 0.717) is 19.8 Å². The molecular weight excluding hydrogens is 184 g/mol. The monoisotopic (exact) mass is 202 g/mol. The summed E-state index contributed by atoms with van der Waals surface area (Å²) in [5.74, 6) is -0.243. The van der Waals surface area contributed by atoms with Crippen molar-refractivity contribution in [3.05, 3.63) is 0 Å². The Balaban J connectivity index is 2.24. The van der Waals surface area contributed by atoms with Crippen LogP contribution in [0.2, 0.25) is 0 Å². The minimum Gasteiger partial charge on any atom is -0.433 e. The number of carbonyl (C=O) groups is 1. The zero-order valence-electron chi connectivity index (χ0n) is 8.82. The number of hydrogen-bond acceptors (Lipinski definition) is 4. The van der Waals surface area contributed by atoms with Crippen molar-refractivity contribution in [2.24, 2.45) is 5.92 Å². The first-order valence-electron chi connectivity index (χ1n) is 5.14. The second-order valence-electron chi connectivity index (χ2n) is 3.50. The molecule has 0 saturated carbocycles. The summed E-state index contributed by atoms with van der Waals surface area (Å²) in [5, 5.41) is 0. The Morgan fingerprint density at radius 1 is 1.57 bits per heavy atom. The Morgan fingerprint density at radius 2 is 2.36 bits per heavy atom. The van der Waals surface area contributed by atoms with Crippen LogP contribution in [-0.4, -0.2) is 32.1 Å². The van der Waals surface area contributed by atoms with Crippen molar-refractivity contribution in [1.29, 1.82) is 0 Å². The summed E-state index contributed by atoms with van der Waals surface area (Å²) in [6, 6.07) is 0. The van der Waals surface area contributed by atoms with Gasteiger partial charge in [0.05, 0.1) is 19.1 Å². The Morgan fingerprint density at radius 3 is 2.93 bits per heavy atom. The highest BCUT2D eigenvalue weighted by atomic mass is 16.7. The third kappa shape index (κ3) is 3.64. The first kappa shape index (κ1) is 11.5. The van der Waals surface area contributed by atoms with Gasteiger partial charge in [-0.25, -0.2) is 0 Å². The Kier molecular flexibility index (Phi) is 4.90. The fourth-order valence-electron chi connectivity index (χ4n) is 1.33. The third-order valence-corrected chi connectivity index (χ3v) is 2.16. The SMILES string of the molecule is CCCC(C)C(=O)OC1COCCO1. The van der Waals surface area contributed by atoms with Crippen LogP contribution in [0.1, 0.15) is 26.7 Å². The van der Waals surface area contributed by atoms with Gasteiger partial charge in [-0.15, -0.1) is 0 Å². The van der Waals surface area contributed by atoms with E-state index in [9.17, 15) is 4.79 Å². The predicted octanol–water partition coefficient (Wildman–Crippen LogP) is 1.34. The summed E-state index contributed by atoms with van der Waals surface area (Å²) in [6.45, 7) is 5.35. The van der Waals surface area contributed by atoms with Crippen LogP contribution in [0.25, 0.3) is 0 Å². The lowest BCUT2D eigenvalue weighted by molar-refractivity contribution is -0.217. The number of rotatable bonds is 4. The summed E-state index contributed by atoms with van der Waals surface area (Å²) in [7, 11) is 0. The van der Waals surface area contributed by atoms with Crippen LogP contribution in [-0.2, 0) is 19.0 Å². The van der Waals surface area contributed by atoms with Gasteiger partial charge in [-0.2, -0.15) is 0 Å². The van der Waals surface area contributed by atoms with E-state index in [1.54, 1.807) is 0 Å². The molecule has 82 valence electrons. The van der Waals surface area contributed by atoms with Crippen molar-refractivity contribution < 1.29 is 19.0 Å². The van der Waals surface area contributed by atoms with Gasteiger partial charge in [0.1, 0.15) is 6.61 Å². The molecule has 1 rings (SSSR count). The Bertz CT molecular complexity index is 175. The molecule has 14 heavy (non-hydrogen) atoms. The number of esters is 1. The summed E-state index contributed by atoms with van der Waals surface area (Å²) >= 11 is 0. The summed E-state index contributed by atoms with van der Waals surface area (Å²) in [5.41, 5.74) is 0. The van der Waals surface area contributed by atoms with Crippen LogP contribution in [0, 0.1) is 5.92 Å². The summed E-state index contributed by atoms with van der Waals surface area (Å²) in [6.07, 6.45) is 1.33. The predicted molar refractivity (Wildman–Crippen MR) is 50.7 cm³/mol. The van der Waals surface area contributed by atoms with Crippen LogP contribution in [0.15, 0.2) is 0 Å². The maximum atomic E-state index is 11.4. The van der Waals surface area contributed by atoms with Crippen LogP contribution < -0.4 is 0 Å². The quantitative estimate of drug-likeness (QED) is 0.645. The number of ether oxygens (including phenoxy) is 3. The maximum absolute atomic E-state index is 11.4. The molecular formula is C10H18O4. The smallest absolute Gasteiger partial charge is 0.311 e. The van der Waals surface area contributed by atoms with Gasteiger partial charge in [0.15, 0.2) is 0 Å². The molecule has 1 heterocycles. The van der Waals surface area contributed by atoms with E-state index in [2.05, 4.69) is 0 Å². The molecule has 4 heteroatoms. The topological polar surface area (TPSA) is 44.8 Å². The minimum atomic E-state index is -0.504. The van der Waals surface area contributed by atoms with E-state index in [1.807, 2.05) is 13.8 Å². The molecule has 1 saturated heterocycles. The average molecular weight is 202 g/mol. The molecule has 2 atom stereocenters. The zero-order chi connectivity index (χ0) is 10.4. The normalized spacial score (nSPS) is 24.3. The van der Waals surface area contributed by atoms with Gasteiger partial charge >= 0.3 is 5.97 Å². The van der Waals surface area contributed by atoms with Crippen LogP contribution in [0.3, 0.4) is 0 Å². The van der Waals surface area contributed by atoms with Crippen molar-refractivity contribution in [2.45, 2.75) is 33.0 Å². The molecule has 0 bridgehead atoms. The first-order valence-corrected chi connectivity index (χ1v) is 5.14. The van der Waals surface area contributed by atoms with E-state index in [4.69, 9.17) is 14.2 Å². The van der Waals surface area contributed by atoms with Crippen molar-refractivity contribution >= 4 is 5.97 Å². The summed E-state index contributed by atoms with van der Waals surface area (Å²) < 4.78 is 15.4. The molecule has 0 N–H and O–H groups in total. The van der Waals surface area contributed by atoms with Crippen molar-refractivity contribution in [3.63, 3.8) is 0 Å². The highest BCUT2D eigenvalue weighted by molar-refractivity contribution is 5.72. The van der Waals surface area contributed by atoms with Crippen LogP contribution >= 0.6 is 0 Å². The molecule has 0 aromatic rings. The molecule has 0 spiro atoms. The van der Waals surface area contributed by atoms with Crippen molar-refractivity contribution in [3.8, 4) is 0 Å². The molecule has 0 aliphatic carbocycles. The molecule has 0 radical (unpaired) electrons. The minimum absolute atomic E-state index is 0.0504. The third-order valence-electron chi connectivity index (χ3n) is 2.16. The Labute approximate surface area is 84.5 Å². The average Bonchev–Trinajstić information content (AvgIpc) is 2.19. The van der Waals surface area contributed by atoms with Gasteiger partial charge in [-0.05, 0) is 6.42 Å². The first-order chi connectivity index (χ1) is 6.74. The Hall–Kier alpha value is -0.610. The number of hydrogen-bond donors (Lipinski definition) is 0. The standard InChI is InChI=1S/C10H18O4/c1-3-4-8(2)10(11)14-9-7-12-5-6-13-9/h8-9H,3-7H2,1-2H3. The van der Waals surface area contributed by atoms with Gasteiger partial charge < -0.3 is 14.2 Å². The van der Waals surface area contributed by atoms with Gasteiger partial charge in [0.2, 0.25) is 6.29 Å². The second-order valence-corrected chi connectivity index (χ2v) is 3.50. The van der Waals surface area contributed by atoms with Gasteiger partial charge in [0, 0.05) is 0 Å². The second kappa shape index (κ2) is 5.98. The lowest BCUT2D eigenvalue weighted by Gasteiger charge is -2.23. The largest absolute Gasteiger partial charge is 0.433 e. The molecule has 0 aromatic carbocycles. The molecule has 2 unspecified atom stereocenters.